The maximum Gasteiger partial charge on any atom is 0.251 e. The third-order valence-electron chi connectivity index (χ3n) is 3.34. The summed E-state index contributed by atoms with van der Waals surface area (Å²) < 4.78 is 0.951. The van der Waals surface area contributed by atoms with Crippen LogP contribution < -0.4 is 5.32 Å². The summed E-state index contributed by atoms with van der Waals surface area (Å²) in [7, 11) is 0. The van der Waals surface area contributed by atoms with Crippen LogP contribution in [0.15, 0.2) is 22.7 Å². The number of hydrogen-bond acceptors (Lipinski definition) is 2. The lowest BCUT2D eigenvalue weighted by atomic mass is 10.0. The number of amides is 1. The minimum absolute atomic E-state index is 0.0482. The average Bonchev–Trinajstić information content (AvgIpc) is 2.40. The van der Waals surface area contributed by atoms with E-state index in [1.165, 1.54) is 24.3 Å². The number of benzene rings is 1. The van der Waals surface area contributed by atoms with Crippen LogP contribution in [0.4, 0.5) is 0 Å². The normalized spacial score (nSPS) is 16.6. The molecule has 1 saturated heterocycles. The van der Waals surface area contributed by atoms with Crippen LogP contribution in [0.25, 0.3) is 0 Å². The minimum atomic E-state index is 0.0482. The van der Waals surface area contributed by atoms with Crippen molar-refractivity contribution in [1.29, 1.82) is 0 Å². The molecule has 18 heavy (non-hydrogen) atoms. The summed E-state index contributed by atoms with van der Waals surface area (Å²) in [5.74, 6) is 3.17. The molecule has 1 aromatic rings. The first-order valence-corrected chi connectivity index (χ1v) is 8.23. The highest BCUT2D eigenvalue weighted by Crippen LogP contribution is 2.22. The van der Waals surface area contributed by atoms with Crippen LogP contribution in [0.5, 0.6) is 0 Å². The quantitative estimate of drug-likeness (QED) is 0.918. The van der Waals surface area contributed by atoms with Crippen molar-refractivity contribution < 1.29 is 4.79 Å². The second kappa shape index (κ2) is 6.62. The molecule has 0 radical (unpaired) electrons. The lowest BCUT2D eigenvalue weighted by Gasteiger charge is -2.21. The first kappa shape index (κ1) is 13.9. The number of hydrogen-bond donors (Lipinski definition) is 1. The molecule has 98 valence electrons. The van der Waals surface area contributed by atoms with Gasteiger partial charge in [-0.2, -0.15) is 11.8 Å². The fraction of sp³-hybridized carbons (Fsp3) is 0.500. The van der Waals surface area contributed by atoms with Crippen molar-refractivity contribution in [1.82, 2.24) is 5.32 Å². The van der Waals surface area contributed by atoms with Crippen molar-refractivity contribution in [2.75, 3.05) is 18.1 Å². The van der Waals surface area contributed by atoms with Crippen LogP contribution in [0.1, 0.15) is 28.8 Å². The lowest BCUT2D eigenvalue weighted by molar-refractivity contribution is 0.0945. The van der Waals surface area contributed by atoms with E-state index < -0.39 is 0 Å². The molecule has 0 atom stereocenters. The summed E-state index contributed by atoms with van der Waals surface area (Å²) in [4.78, 5) is 12.1. The topological polar surface area (TPSA) is 29.1 Å². The monoisotopic (exact) mass is 327 g/mol. The van der Waals surface area contributed by atoms with E-state index in [4.69, 9.17) is 0 Å². The molecule has 0 unspecified atom stereocenters. The van der Waals surface area contributed by atoms with Gasteiger partial charge in [-0.05, 0) is 54.9 Å². The number of aryl methyl sites for hydroxylation is 1. The standard InChI is InChI=1S/C14H18BrNOS/c1-10-2-3-12(15)8-13(10)14(17)16-9-11-4-6-18-7-5-11/h2-3,8,11H,4-7,9H2,1H3,(H,16,17). The smallest absolute Gasteiger partial charge is 0.251 e. The van der Waals surface area contributed by atoms with Gasteiger partial charge in [0, 0.05) is 16.6 Å². The molecule has 2 nitrogen and oxygen atoms in total. The van der Waals surface area contributed by atoms with Gasteiger partial charge in [0.25, 0.3) is 5.91 Å². The van der Waals surface area contributed by atoms with Crippen molar-refractivity contribution >= 4 is 33.6 Å². The van der Waals surface area contributed by atoms with Crippen LogP contribution in [-0.4, -0.2) is 24.0 Å². The van der Waals surface area contributed by atoms with E-state index in [2.05, 4.69) is 21.2 Å². The number of carbonyl (C=O) groups excluding carboxylic acids is 1. The lowest BCUT2D eigenvalue weighted by Crippen LogP contribution is -2.31. The third-order valence-corrected chi connectivity index (χ3v) is 4.88. The van der Waals surface area contributed by atoms with Crippen molar-refractivity contribution in [2.45, 2.75) is 19.8 Å². The summed E-state index contributed by atoms with van der Waals surface area (Å²) in [6.07, 6.45) is 2.45. The predicted molar refractivity (Wildman–Crippen MR) is 81.3 cm³/mol. The number of thioether (sulfide) groups is 1. The van der Waals surface area contributed by atoms with Crippen molar-refractivity contribution in [3.8, 4) is 0 Å². The molecule has 1 aliphatic heterocycles. The molecule has 1 heterocycles. The Bertz CT molecular complexity index is 430. The molecular weight excluding hydrogens is 310 g/mol. The summed E-state index contributed by atoms with van der Waals surface area (Å²) in [5, 5.41) is 3.07. The van der Waals surface area contributed by atoms with Crippen LogP contribution >= 0.6 is 27.7 Å². The maximum absolute atomic E-state index is 12.1. The first-order chi connectivity index (χ1) is 8.66. The van der Waals surface area contributed by atoms with E-state index in [1.54, 1.807) is 0 Å². The molecule has 1 amide bonds. The molecule has 1 aliphatic rings. The molecule has 0 spiro atoms. The molecule has 1 N–H and O–H groups in total. The van der Waals surface area contributed by atoms with Gasteiger partial charge in [-0.15, -0.1) is 0 Å². The molecule has 4 heteroatoms. The fourth-order valence-electron chi connectivity index (χ4n) is 2.12. The molecule has 1 fully saturated rings. The van der Waals surface area contributed by atoms with E-state index in [9.17, 15) is 4.79 Å². The molecule has 0 aliphatic carbocycles. The SMILES string of the molecule is Cc1ccc(Br)cc1C(=O)NCC1CCSCC1. The Balaban J connectivity index is 1.92. The van der Waals surface area contributed by atoms with Gasteiger partial charge in [0.1, 0.15) is 0 Å². The molecule has 2 rings (SSSR count). The van der Waals surface area contributed by atoms with Crippen molar-refractivity contribution in [3.63, 3.8) is 0 Å². The van der Waals surface area contributed by atoms with Crippen LogP contribution in [0, 0.1) is 12.8 Å². The minimum Gasteiger partial charge on any atom is -0.352 e. The predicted octanol–water partition coefficient (Wildman–Crippen LogP) is 3.63. The van der Waals surface area contributed by atoms with Crippen molar-refractivity contribution in [2.24, 2.45) is 5.92 Å². The Hall–Kier alpha value is -0.480. The van der Waals surface area contributed by atoms with Gasteiger partial charge in [-0.3, -0.25) is 4.79 Å². The van der Waals surface area contributed by atoms with Gasteiger partial charge in [0.05, 0.1) is 0 Å². The first-order valence-electron chi connectivity index (χ1n) is 6.29. The number of nitrogens with one attached hydrogen (secondary N) is 1. The third kappa shape index (κ3) is 3.75. The van der Waals surface area contributed by atoms with Crippen LogP contribution in [0.2, 0.25) is 0 Å². The van der Waals surface area contributed by atoms with E-state index in [0.29, 0.717) is 5.92 Å². The Morgan fingerprint density at radius 2 is 2.17 bits per heavy atom. The molecule has 0 saturated carbocycles. The fourth-order valence-corrected chi connectivity index (χ4v) is 3.69. The zero-order valence-corrected chi connectivity index (χ0v) is 12.9. The maximum atomic E-state index is 12.1. The number of halogens is 1. The van der Waals surface area contributed by atoms with Gasteiger partial charge < -0.3 is 5.32 Å². The van der Waals surface area contributed by atoms with Gasteiger partial charge in [0.15, 0.2) is 0 Å². The molecule has 1 aromatic carbocycles. The number of carbonyl (C=O) groups is 1. The molecular formula is C14H18BrNOS. The largest absolute Gasteiger partial charge is 0.352 e. The highest BCUT2D eigenvalue weighted by Gasteiger charge is 2.16. The zero-order chi connectivity index (χ0) is 13.0. The van der Waals surface area contributed by atoms with E-state index in [0.717, 1.165) is 22.1 Å². The van der Waals surface area contributed by atoms with E-state index >= 15 is 0 Å². The molecule has 0 aromatic heterocycles. The van der Waals surface area contributed by atoms with Gasteiger partial charge in [-0.25, -0.2) is 0 Å². The van der Waals surface area contributed by atoms with Crippen LogP contribution in [-0.2, 0) is 0 Å². The second-order valence-electron chi connectivity index (χ2n) is 4.73. The summed E-state index contributed by atoms with van der Waals surface area (Å²) >= 11 is 5.42. The Morgan fingerprint density at radius 1 is 1.44 bits per heavy atom. The highest BCUT2D eigenvalue weighted by molar-refractivity contribution is 9.10. The van der Waals surface area contributed by atoms with Crippen molar-refractivity contribution in [3.05, 3.63) is 33.8 Å². The molecule has 0 bridgehead atoms. The van der Waals surface area contributed by atoms with Gasteiger partial charge in [-0.1, -0.05) is 22.0 Å². The average molecular weight is 328 g/mol. The van der Waals surface area contributed by atoms with Gasteiger partial charge >= 0.3 is 0 Å². The Morgan fingerprint density at radius 3 is 2.89 bits per heavy atom. The summed E-state index contributed by atoms with van der Waals surface area (Å²) in [6, 6.07) is 5.82. The highest BCUT2D eigenvalue weighted by atomic mass is 79.9. The number of rotatable bonds is 3. The Kier molecular flexibility index (Phi) is 5.13. The van der Waals surface area contributed by atoms with E-state index in [-0.39, 0.29) is 5.91 Å². The second-order valence-corrected chi connectivity index (χ2v) is 6.87. The summed E-state index contributed by atoms with van der Waals surface area (Å²) in [6.45, 7) is 2.78. The summed E-state index contributed by atoms with van der Waals surface area (Å²) in [5.41, 5.74) is 1.80. The van der Waals surface area contributed by atoms with E-state index in [1.807, 2.05) is 36.9 Å². The zero-order valence-electron chi connectivity index (χ0n) is 10.5. The van der Waals surface area contributed by atoms with Crippen LogP contribution in [0.3, 0.4) is 0 Å². The van der Waals surface area contributed by atoms with Gasteiger partial charge in [0.2, 0.25) is 0 Å². The Labute approximate surface area is 121 Å².